The Morgan fingerprint density at radius 3 is 2.31 bits per heavy atom. The summed E-state index contributed by atoms with van der Waals surface area (Å²) >= 11 is 0. The fourth-order valence-corrected chi connectivity index (χ4v) is 1.81. The normalized spacial score (nSPS) is 11.1. The SMILES string of the molecule is Cc1cn2c(C)nc(C)c2c(C)n1. The van der Waals surface area contributed by atoms with Gasteiger partial charge in [0, 0.05) is 6.20 Å². The fourth-order valence-electron chi connectivity index (χ4n) is 1.81. The summed E-state index contributed by atoms with van der Waals surface area (Å²) in [4.78, 5) is 8.83. The van der Waals surface area contributed by atoms with Crippen LogP contribution < -0.4 is 0 Å². The highest BCUT2D eigenvalue weighted by molar-refractivity contribution is 5.56. The Hall–Kier alpha value is -1.38. The lowest BCUT2D eigenvalue weighted by molar-refractivity contribution is 0.983. The molecule has 0 radical (unpaired) electrons. The summed E-state index contributed by atoms with van der Waals surface area (Å²) in [6, 6.07) is 0. The predicted octanol–water partition coefficient (Wildman–Crippen LogP) is 1.96. The molecule has 0 aliphatic carbocycles. The van der Waals surface area contributed by atoms with Crippen LogP contribution in [0.5, 0.6) is 0 Å². The van der Waals surface area contributed by atoms with Gasteiger partial charge in [0.05, 0.1) is 22.6 Å². The van der Waals surface area contributed by atoms with E-state index < -0.39 is 0 Å². The van der Waals surface area contributed by atoms with Gasteiger partial charge in [-0.1, -0.05) is 0 Å². The van der Waals surface area contributed by atoms with Crippen LogP contribution in [0.4, 0.5) is 0 Å². The van der Waals surface area contributed by atoms with Crippen molar-refractivity contribution in [2.45, 2.75) is 27.7 Å². The second-order valence-electron chi connectivity index (χ2n) is 3.43. The number of aryl methyl sites for hydroxylation is 4. The van der Waals surface area contributed by atoms with Gasteiger partial charge in [-0.3, -0.25) is 4.98 Å². The molecule has 0 atom stereocenters. The Balaban J connectivity index is 2.97. The maximum atomic E-state index is 4.42. The minimum Gasteiger partial charge on any atom is -0.300 e. The molecule has 0 amide bonds. The van der Waals surface area contributed by atoms with E-state index >= 15 is 0 Å². The number of nitrogens with zero attached hydrogens (tertiary/aromatic N) is 3. The molecule has 0 aromatic carbocycles. The van der Waals surface area contributed by atoms with Crippen LogP contribution in [0.3, 0.4) is 0 Å². The first-order valence-electron chi connectivity index (χ1n) is 4.39. The van der Waals surface area contributed by atoms with Crippen molar-refractivity contribution in [3.63, 3.8) is 0 Å². The van der Waals surface area contributed by atoms with E-state index in [1.54, 1.807) is 0 Å². The van der Waals surface area contributed by atoms with Crippen LogP contribution in [0.25, 0.3) is 5.52 Å². The lowest BCUT2D eigenvalue weighted by Gasteiger charge is -2.01. The third kappa shape index (κ3) is 1.11. The molecule has 2 rings (SSSR count). The van der Waals surface area contributed by atoms with Crippen molar-refractivity contribution in [3.8, 4) is 0 Å². The lowest BCUT2D eigenvalue weighted by Crippen LogP contribution is -1.95. The van der Waals surface area contributed by atoms with Gasteiger partial charge in [-0.2, -0.15) is 0 Å². The highest BCUT2D eigenvalue weighted by atomic mass is 15.0. The topological polar surface area (TPSA) is 30.2 Å². The molecular weight excluding hydrogens is 162 g/mol. The first-order valence-corrected chi connectivity index (χ1v) is 4.39. The Bertz CT molecular complexity index is 468. The van der Waals surface area contributed by atoms with Gasteiger partial charge in [0.25, 0.3) is 0 Å². The quantitative estimate of drug-likeness (QED) is 0.612. The van der Waals surface area contributed by atoms with Gasteiger partial charge in [0.2, 0.25) is 0 Å². The van der Waals surface area contributed by atoms with E-state index in [9.17, 15) is 0 Å². The second-order valence-corrected chi connectivity index (χ2v) is 3.43. The average molecular weight is 175 g/mol. The van der Waals surface area contributed by atoms with Crippen LogP contribution in [0.15, 0.2) is 6.20 Å². The maximum absolute atomic E-state index is 4.42. The van der Waals surface area contributed by atoms with E-state index in [-0.39, 0.29) is 0 Å². The Kier molecular flexibility index (Phi) is 1.62. The zero-order valence-corrected chi connectivity index (χ0v) is 8.42. The summed E-state index contributed by atoms with van der Waals surface area (Å²) in [7, 11) is 0. The van der Waals surface area contributed by atoms with Crippen LogP contribution in [-0.4, -0.2) is 14.4 Å². The number of fused-ring (bicyclic) bond motifs is 1. The first kappa shape index (κ1) is 8.23. The fraction of sp³-hybridized carbons (Fsp3) is 0.400. The van der Waals surface area contributed by atoms with Crippen LogP contribution >= 0.6 is 0 Å². The van der Waals surface area contributed by atoms with Gasteiger partial charge in [-0.25, -0.2) is 4.98 Å². The van der Waals surface area contributed by atoms with Gasteiger partial charge in [-0.05, 0) is 27.7 Å². The summed E-state index contributed by atoms with van der Waals surface area (Å²) < 4.78 is 2.10. The minimum absolute atomic E-state index is 1.03. The Morgan fingerprint density at radius 1 is 1.00 bits per heavy atom. The zero-order valence-electron chi connectivity index (χ0n) is 8.42. The minimum atomic E-state index is 1.03. The van der Waals surface area contributed by atoms with E-state index in [1.165, 1.54) is 0 Å². The van der Waals surface area contributed by atoms with E-state index in [0.717, 1.165) is 28.4 Å². The molecule has 3 nitrogen and oxygen atoms in total. The third-order valence-corrected chi connectivity index (χ3v) is 2.26. The highest BCUT2D eigenvalue weighted by Crippen LogP contribution is 2.15. The molecule has 0 bridgehead atoms. The molecule has 13 heavy (non-hydrogen) atoms. The molecule has 3 heteroatoms. The molecule has 0 saturated carbocycles. The number of hydrogen-bond donors (Lipinski definition) is 0. The van der Waals surface area contributed by atoms with Gasteiger partial charge in [0.1, 0.15) is 5.82 Å². The molecule has 0 saturated heterocycles. The molecule has 2 aromatic rings. The molecule has 0 N–H and O–H groups in total. The van der Waals surface area contributed by atoms with Crippen LogP contribution in [0.2, 0.25) is 0 Å². The summed E-state index contributed by atoms with van der Waals surface area (Å²) in [6.07, 6.45) is 2.03. The van der Waals surface area contributed by atoms with E-state index in [1.807, 2.05) is 33.9 Å². The van der Waals surface area contributed by atoms with Crippen molar-refractivity contribution < 1.29 is 0 Å². The summed E-state index contributed by atoms with van der Waals surface area (Å²) in [5, 5.41) is 0. The van der Waals surface area contributed by atoms with E-state index in [4.69, 9.17) is 0 Å². The number of hydrogen-bond acceptors (Lipinski definition) is 2. The molecule has 0 fully saturated rings. The summed E-state index contributed by atoms with van der Waals surface area (Å²) in [5.74, 6) is 1.03. The largest absolute Gasteiger partial charge is 0.300 e. The Morgan fingerprint density at radius 2 is 1.62 bits per heavy atom. The molecule has 0 aliphatic heterocycles. The molecule has 0 spiro atoms. The predicted molar refractivity (Wildman–Crippen MR) is 51.9 cm³/mol. The van der Waals surface area contributed by atoms with Crippen molar-refractivity contribution in [1.82, 2.24) is 14.4 Å². The molecule has 0 aliphatic rings. The van der Waals surface area contributed by atoms with E-state index in [0.29, 0.717) is 0 Å². The van der Waals surface area contributed by atoms with Crippen LogP contribution in [-0.2, 0) is 0 Å². The van der Waals surface area contributed by atoms with Crippen molar-refractivity contribution in [2.24, 2.45) is 0 Å². The average Bonchev–Trinajstić information content (AvgIpc) is 2.27. The van der Waals surface area contributed by atoms with Crippen LogP contribution in [0, 0.1) is 27.7 Å². The highest BCUT2D eigenvalue weighted by Gasteiger charge is 2.07. The van der Waals surface area contributed by atoms with Crippen molar-refractivity contribution >= 4 is 5.52 Å². The maximum Gasteiger partial charge on any atom is 0.110 e. The molecular formula is C10H13N3. The van der Waals surface area contributed by atoms with Gasteiger partial charge in [-0.15, -0.1) is 0 Å². The molecule has 68 valence electrons. The number of imidazole rings is 1. The van der Waals surface area contributed by atoms with Crippen molar-refractivity contribution in [2.75, 3.05) is 0 Å². The number of aromatic nitrogens is 3. The van der Waals surface area contributed by atoms with Gasteiger partial charge >= 0.3 is 0 Å². The van der Waals surface area contributed by atoms with Crippen LogP contribution in [0.1, 0.15) is 22.9 Å². The van der Waals surface area contributed by atoms with Gasteiger partial charge in [0.15, 0.2) is 0 Å². The summed E-state index contributed by atoms with van der Waals surface area (Å²) in [6.45, 7) is 8.06. The molecule has 2 heterocycles. The zero-order chi connectivity index (χ0) is 9.59. The van der Waals surface area contributed by atoms with Gasteiger partial charge < -0.3 is 4.40 Å². The smallest absolute Gasteiger partial charge is 0.110 e. The first-order chi connectivity index (χ1) is 6.09. The van der Waals surface area contributed by atoms with Crippen molar-refractivity contribution in [1.29, 1.82) is 0 Å². The Labute approximate surface area is 77.4 Å². The second kappa shape index (κ2) is 2.55. The van der Waals surface area contributed by atoms with Crippen molar-refractivity contribution in [3.05, 3.63) is 29.1 Å². The van der Waals surface area contributed by atoms with E-state index in [2.05, 4.69) is 14.4 Å². The molecule has 0 unspecified atom stereocenters. The standard InChI is InChI=1S/C10H13N3/c1-6-5-13-9(4)12-8(3)10(13)7(2)11-6/h5H,1-4H3. The number of rotatable bonds is 0. The monoisotopic (exact) mass is 175 g/mol. The lowest BCUT2D eigenvalue weighted by atomic mass is 10.3. The third-order valence-electron chi connectivity index (χ3n) is 2.26. The molecule has 2 aromatic heterocycles. The summed E-state index contributed by atoms with van der Waals surface area (Å²) in [5.41, 5.74) is 4.29.